The fourth-order valence-electron chi connectivity index (χ4n) is 2.98. The third-order valence-electron chi connectivity index (χ3n) is 4.49. The van der Waals surface area contributed by atoms with Crippen LogP contribution in [-0.4, -0.2) is 63.2 Å². The lowest BCUT2D eigenvalue weighted by Gasteiger charge is -2.25. The molecule has 2 heterocycles. The summed E-state index contributed by atoms with van der Waals surface area (Å²) < 4.78 is 28.7. The number of sulfone groups is 1. The normalized spacial score (nSPS) is 18.6. The molecule has 7 nitrogen and oxygen atoms in total. The van der Waals surface area contributed by atoms with E-state index in [9.17, 15) is 8.42 Å². The van der Waals surface area contributed by atoms with Gasteiger partial charge in [-0.15, -0.1) is 0 Å². The first-order valence-electron chi connectivity index (χ1n) is 8.59. The van der Waals surface area contributed by atoms with Gasteiger partial charge >= 0.3 is 0 Å². The zero-order valence-electron chi connectivity index (χ0n) is 15.1. The minimum atomic E-state index is -2.96. The first-order valence-corrected chi connectivity index (χ1v) is 10.4. The van der Waals surface area contributed by atoms with Gasteiger partial charge in [-0.25, -0.2) is 13.4 Å². The number of hydrogen-bond donors (Lipinski definition) is 1. The van der Waals surface area contributed by atoms with E-state index >= 15 is 0 Å². The molecule has 0 spiro atoms. The van der Waals surface area contributed by atoms with Crippen molar-refractivity contribution >= 4 is 21.6 Å². The quantitative estimate of drug-likeness (QED) is 0.738. The van der Waals surface area contributed by atoms with Gasteiger partial charge in [-0.1, -0.05) is 30.3 Å². The van der Waals surface area contributed by atoms with Crippen LogP contribution < -0.4 is 10.2 Å². The van der Waals surface area contributed by atoms with Crippen LogP contribution in [0.4, 0.5) is 11.8 Å². The fraction of sp³-hybridized carbons (Fsp3) is 0.444. The molecule has 1 aliphatic rings. The smallest absolute Gasteiger partial charge is 0.225 e. The number of nitrogens with one attached hydrogen (secondary N) is 1. The minimum absolute atomic E-state index is 0.0645. The number of rotatable bonds is 7. The Hall–Kier alpha value is -2.19. The van der Waals surface area contributed by atoms with Crippen LogP contribution in [0, 0.1) is 0 Å². The van der Waals surface area contributed by atoms with Crippen LogP contribution in [0.5, 0.6) is 0 Å². The van der Waals surface area contributed by atoms with Gasteiger partial charge in [0, 0.05) is 38.4 Å². The zero-order valence-corrected chi connectivity index (χ0v) is 15.9. The molecule has 26 heavy (non-hydrogen) atoms. The van der Waals surface area contributed by atoms with Crippen LogP contribution in [-0.2, 0) is 14.6 Å². The summed E-state index contributed by atoms with van der Waals surface area (Å²) in [5.41, 5.74) is 1.78. The molecule has 2 aromatic rings. The van der Waals surface area contributed by atoms with Crippen LogP contribution in [0.1, 0.15) is 6.42 Å². The largest absolute Gasteiger partial charge is 0.383 e. The van der Waals surface area contributed by atoms with Crippen molar-refractivity contribution in [1.82, 2.24) is 9.97 Å². The highest BCUT2D eigenvalue weighted by molar-refractivity contribution is 7.91. The van der Waals surface area contributed by atoms with Gasteiger partial charge in [-0.2, -0.15) is 4.98 Å². The number of nitrogens with zero attached hydrogens (tertiary/aromatic N) is 3. The molecule has 1 aromatic carbocycles. The standard InChI is InChI=1S/C18H24N4O3S/c1-22(15-8-11-26(23,24)13-15)17-12-16(14-6-4-3-5-7-14)20-18(21-17)19-9-10-25-2/h3-7,12,15H,8-11,13H2,1-2H3,(H,19,20,21). The molecule has 1 aromatic heterocycles. The van der Waals surface area contributed by atoms with Crippen molar-refractivity contribution in [3.05, 3.63) is 36.4 Å². The highest BCUT2D eigenvalue weighted by Crippen LogP contribution is 2.26. The van der Waals surface area contributed by atoms with E-state index in [2.05, 4.69) is 15.3 Å². The van der Waals surface area contributed by atoms with E-state index in [1.807, 2.05) is 48.3 Å². The number of hydrogen-bond acceptors (Lipinski definition) is 7. The second-order valence-electron chi connectivity index (χ2n) is 6.39. The van der Waals surface area contributed by atoms with Crippen LogP contribution >= 0.6 is 0 Å². The predicted octanol–water partition coefficient (Wildman–Crippen LogP) is 1.83. The maximum absolute atomic E-state index is 11.8. The average Bonchev–Trinajstić information content (AvgIpc) is 3.01. The molecule has 0 saturated carbocycles. The summed E-state index contributed by atoms with van der Waals surface area (Å²) in [7, 11) is 0.576. The van der Waals surface area contributed by atoms with Crippen molar-refractivity contribution < 1.29 is 13.2 Å². The summed E-state index contributed by atoms with van der Waals surface area (Å²) in [5.74, 6) is 1.62. The van der Waals surface area contributed by atoms with Gasteiger partial charge in [0.05, 0.1) is 23.8 Å². The Balaban J connectivity index is 1.91. The van der Waals surface area contributed by atoms with Gasteiger partial charge in [0.1, 0.15) is 5.82 Å². The van der Waals surface area contributed by atoms with Crippen molar-refractivity contribution in [3.63, 3.8) is 0 Å². The van der Waals surface area contributed by atoms with E-state index in [1.165, 1.54) is 0 Å². The van der Waals surface area contributed by atoms with Gasteiger partial charge in [-0.3, -0.25) is 0 Å². The lowest BCUT2D eigenvalue weighted by Crippen LogP contribution is -2.33. The monoisotopic (exact) mass is 376 g/mol. The molecule has 1 N–H and O–H groups in total. The maximum atomic E-state index is 11.8. The summed E-state index contributed by atoms with van der Waals surface area (Å²) in [6.07, 6.45) is 0.621. The number of anilines is 2. The van der Waals surface area contributed by atoms with Crippen molar-refractivity contribution in [3.8, 4) is 11.3 Å². The highest BCUT2D eigenvalue weighted by atomic mass is 32.2. The van der Waals surface area contributed by atoms with E-state index in [0.717, 1.165) is 11.3 Å². The molecular formula is C18H24N4O3S. The second-order valence-corrected chi connectivity index (χ2v) is 8.62. The zero-order chi connectivity index (χ0) is 18.6. The van der Waals surface area contributed by atoms with Crippen molar-refractivity contribution in [1.29, 1.82) is 0 Å². The summed E-state index contributed by atoms with van der Waals surface area (Å²) >= 11 is 0. The predicted molar refractivity (Wildman–Crippen MR) is 103 cm³/mol. The third kappa shape index (κ3) is 4.50. The molecule has 8 heteroatoms. The van der Waals surface area contributed by atoms with Gasteiger partial charge in [0.2, 0.25) is 5.95 Å². The van der Waals surface area contributed by atoms with E-state index < -0.39 is 9.84 Å². The Morgan fingerprint density at radius 3 is 2.69 bits per heavy atom. The van der Waals surface area contributed by atoms with Crippen molar-refractivity contribution in [2.75, 3.05) is 49.0 Å². The Bertz CT molecular complexity index is 843. The molecule has 0 bridgehead atoms. The maximum Gasteiger partial charge on any atom is 0.225 e. The van der Waals surface area contributed by atoms with Gasteiger partial charge < -0.3 is 15.0 Å². The van der Waals surface area contributed by atoms with Crippen LogP contribution in [0.15, 0.2) is 36.4 Å². The lowest BCUT2D eigenvalue weighted by atomic mass is 10.1. The summed E-state index contributed by atoms with van der Waals surface area (Å²) in [6, 6.07) is 11.7. The first kappa shape index (κ1) is 18.6. The van der Waals surface area contributed by atoms with E-state index in [-0.39, 0.29) is 17.5 Å². The average molecular weight is 376 g/mol. The Morgan fingerprint density at radius 1 is 1.27 bits per heavy atom. The van der Waals surface area contributed by atoms with Gasteiger partial charge in [0.15, 0.2) is 9.84 Å². The molecular weight excluding hydrogens is 352 g/mol. The van der Waals surface area contributed by atoms with E-state index in [4.69, 9.17) is 4.74 Å². The second kappa shape index (κ2) is 8.01. The molecule has 3 rings (SSSR count). The number of ether oxygens (including phenoxy) is 1. The molecule has 140 valence electrons. The highest BCUT2D eigenvalue weighted by Gasteiger charge is 2.31. The number of aromatic nitrogens is 2. The minimum Gasteiger partial charge on any atom is -0.383 e. The molecule has 0 amide bonds. The van der Waals surface area contributed by atoms with Crippen LogP contribution in [0.25, 0.3) is 11.3 Å². The molecule has 1 atom stereocenters. The van der Waals surface area contributed by atoms with Gasteiger partial charge in [0.25, 0.3) is 0 Å². The Labute approximate surface area is 154 Å². The van der Waals surface area contributed by atoms with Crippen LogP contribution in [0.2, 0.25) is 0 Å². The molecule has 0 aliphatic carbocycles. The van der Waals surface area contributed by atoms with Crippen molar-refractivity contribution in [2.24, 2.45) is 0 Å². The van der Waals surface area contributed by atoms with Crippen LogP contribution in [0.3, 0.4) is 0 Å². The number of benzene rings is 1. The van der Waals surface area contributed by atoms with E-state index in [0.29, 0.717) is 31.3 Å². The fourth-order valence-corrected chi connectivity index (χ4v) is 4.76. The molecule has 1 fully saturated rings. The Morgan fingerprint density at radius 2 is 2.04 bits per heavy atom. The number of methoxy groups -OCH3 is 1. The molecule has 0 radical (unpaired) electrons. The molecule has 1 saturated heterocycles. The molecule has 1 unspecified atom stereocenters. The summed E-state index contributed by atoms with van der Waals surface area (Å²) in [5, 5.41) is 3.17. The summed E-state index contributed by atoms with van der Waals surface area (Å²) in [6.45, 7) is 1.14. The molecule has 1 aliphatic heterocycles. The van der Waals surface area contributed by atoms with Gasteiger partial charge in [-0.05, 0) is 6.42 Å². The first-order chi connectivity index (χ1) is 12.5. The lowest BCUT2D eigenvalue weighted by molar-refractivity contribution is 0.210. The summed E-state index contributed by atoms with van der Waals surface area (Å²) in [4.78, 5) is 11.1. The topological polar surface area (TPSA) is 84.4 Å². The Kier molecular flexibility index (Phi) is 5.73. The third-order valence-corrected chi connectivity index (χ3v) is 6.24. The van der Waals surface area contributed by atoms with Crippen molar-refractivity contribution in [2.45, 2.75) is 12.5 Å². The van der Waals surface area contributed by atoms with E-state index in [1.54, 1.807) is 7.11 Å². The SMILES string of the molecule is COCCNc1nc(-c2ccccc2)cc(N(C)C2CCS(=O)(=O)C2)n1.